The second-order valence-corrected chi connectivity index (χ2v) is 4.01. The quantitative estimate of drug-likeness (QED) is 0.690. The summed E-state index contributed by atoms with van der Waals surface area (Å²) >= 11 is 0. The zero-order valence-electron chi connectivity index (χ0n) is 10.2. The van der Waals surface area contributed by atoms with Crippen LogP contribution in [0.5, 0.6) is 0 Å². The third-order valence-corrected chi connectivity index (χ3v) is 2.69. The number of nitrogens with zero attached hydrogens (tertiary/aromatic N) is 4. The molecule has 2 heterocycles. The van der Waals surface area contributed by atoms with Gasteiger partial charge in [-0.25, -0.2) is 4.98 Å². The van der Waals surface area contributed by atoms with Crippen molar-refractivity contribution in [1.29, 1.82) is 0 Å². The molecule has 3 aromatic rings. The number of benzene rings is 1. The van der Waals surface area contributed by atoms with Crippen LogP contribution in [-0.4, -0.2) is 19.7 Å². The van der Waals surface area contributed by atoms with Crippen molar-refractivity contribution in [3.63, 3.8) is 0 Å². The fourth-order valence-electron chi connectivity index (χ4n) is 1.91. The van der Waals surface area contributed by atoms with Gasteiger partial charge in [-0.2, -0.15) is 0 Å². The van der Waals surface area contributed by atoms with Crippen LogP contribution in [0, 0.1) is 13.8 Å². The molecule has 0 aliphatic rings. The van der Waals surface area contributed by atoms with Crippen LogP contribution >= 0.6 is 0 Å². The predicted octanol–water partition coefficient (Wildman–Crippen LogP) is 2.54. The molecule has 0 spiro atoms. The van der Waals surface area contributed by atoms with Crippen molar-refractivity contribution in [1.82, 2.24) is 19.7 Å². The van der Waals surface area contributed by atoms with Gasteiger partial charge < -0.3 is 4.42 Å². The molecule has 5 nitrogen and oxygen atoms in total. The molecule has 0 radical (unpaired) electrons. The lowest BCUT2D eigenvalue weighted by Crippen LogP contribution is -1.96. The number of hydrogen-bond donors (Lipinski definition) is 0. The first kappa shape index (κ1) is 10.7. The van der Waals surface area contributed by atoms with Gasteiger partial charge in [0.25, 0.3) is 0 Å². The zero-order valence-corrected chi connectivity index (χ0v) is 10.2. The number of oxazole rings is 1. The van der Waals surface area contributed by atoms with Crippen LogP contribution in [0.1, 0.15) is 11.6 Å². The molecule has 5 heteroatoms. The summed E-state index contributed by atoms with van der Waals surface area (Å²) in [5, 5.41) is 8.07. The number of rotatable bonds is 2. The predicted molar refractivity (Wildman–Crippen MR) is 66.3 cm³/mol. The lowest BCUT2D eigenvalue weighted by Gasteiger charge is -2.04. The summed E-state index contributed by atoms with van der Waals surface area (Å²) in [6.45, 7) is 3.72. The van der Waals surface area contributed by atoms with Crippen LogP contribution in [0.15, 0.2) is 41.1 Å². The van der Waals surface area contributed by atoms with E-state index in [1.807, 2.05) is 48.7 Å². The summed E-state index contributed by atoms with van der Waals surface area (Å²) < 4.78 is 7.47. The Hall–Kier alpha value is -2.43. The van der Waals surface area contributed by atoms with E-state index in [0.717, 1.165) is 11.4 Å². The summed E-state index contributed by atoms with van der Waals surface area (Å²) in [4.78, 5) is 4.25. The molecule has 0 fully saturated rings. The Bertz CT molecular complexity index is 669. The molecule has 0 bridgehead atoms. The average Bonchev–Trinajstić information content (AvgIpc) is 2.96. The second kappa shape index (κ2) is 4.10. The Morgan fingerprint density at radius 3 is 2.56 bits per heavy atom. The smallest absolute Gasteiger partial charge is 0.206 e. The fourth-order valence-corrected chi connectivity index (χ4v) is 1.91. The largest absolute Gasteiger partial charge is 0.437 e. The molecular formula is C13H12N4O. The van der Waals surface area contributed by atoms with Crippen molar-refractivity contribution in [3.8, 4) is 17.3 Å². The van der Waals surface area contributed by atoms with Gasteiger partial charge in [-0.3, -0.25) is 4.57 Å². The highest BCUT2D eigenvalue weighted by Crippen LogP contribution is 2.24. The highest BCUT2D eigenvalue weighted by Gasteiger charge is 2.16. The number of aryl methyl sites for hydroxylation is 2. The van der Waals surface area contributed by atoms with Crippen LogP contribution < -0.4 is 0 Å². The van der Waals surface area contributed by atoms with Gasteiger partial charge in [-0.1, -0.05) is 18.2 Å². The minimum atomic E-state index is 0.630. The minimum absolute atomic E-state index is 0.630. The van der Waals surface area contributed by atoms with E-state index in [1.165, 1.54) is 0 Å². The van der Waals surface area contributed by atoms with Crippen molar-refractivity contribution in [2.45, 2.75) is 13.8 Å². The highest BCUT2D eigenvalue weighted by atomic mass is 16.4. The molecule has 90 valence electrons. The van der Waals surface area contributed by atoms with Gasteiger partial charge in [0.2, 0.25) is 5.82 Å². The normalized spacial score (nSPS) is 10.8. The number of hydrogen-bond acceptors (Lipinski definition) is 4. The average molecular weight is 240 g/mol. The lowest BCUT2D eigenvalue weighted by molar-refractivity contribution is 0.529. The minimum Gasteiger partial charge on any atom is -0.437 e. The SMILES string of the molecule is Cc1nc(C)c(-c2nncn2-c2ccccc2)o1. The number of aromatic nitrogens is 4. The first-order chi connectivity index (χ1) is 8.75. The summed E-state index contributed by atoms with van der Waals surface area (Å²) in [5.74, 6) is 1.96. The summed E-state index contributed by atoms with van der Waals surface area (Å²) in [5.41, 5.74) is 1.81. The van der Waals surface area contributed by atoms with Crippen molar-refractivity contribution in [2.75, 3.05) is 0 Å². The molecule has 2 aromatic heterocycles. The Morgan fingerprint density at radius 2 is 1.89 bits per heavy atom. The summed E-state index contributed by atoms with van der Waals surface area (Å²) in [7, 11) is 0. The third kappa shape index (κ3) is 1.69. The van der Waals surface area contributed by atoms with E-state index in [0.29, 0.717) is 17.5 Å². The van der Waals surface area contributed by atoms with E-state index < -0.39 is 0 Å². The molecule has 3 rings (SSSR count). The van der Waals surface area contributed by atoms with Crippen LogP contribution in [-0.2, 0) is 0 Å². The van der Waals surface area contributed by atoms with Gasteiger partial charge in [-0.15, -0.1) is 10.2 Å². The third-order valence-electron chi connectivity index (χ3n) is 2.69. The molecule has 0 amide bonds. The first-order valence-electron chi connectivity index (χ1n) is 5.65. The fraction of sp³-hybridized carbons (Fsp3) is 0.154. The first-order valence-corrected chi connectivity index (χ1v) is 5.65. The molecule has 18 heavy (non-hydrogen) atoms. The maximum atomic E-state index is 5.59. The molecular weight excluding hydrogens is 228 g/mol. The van der Waals surface area contributed by atoms with E-state index in [-0.39, 0.29) is 0 Å². The zero-order chi connectivity index (χ0) is 12.5. The molecule has 1 aromatic carbocycles. The molecule has 0 saturated carbocycles. The van der Waals surface area contributed by atoms with Crippen LogP contribution in [0.25, 0.3) is 17.3 Å². The van der Waals surface area contributed by atoms with Gasteiger partial charge in [0.05, 0.1) is 5.69 Å². The Labute approximate surface area is 104 Å². The van der Waals surface area contributed by atoms with Crippen molar-refractivity contribution >= 4 is 0 Å². The van der Waals surface area contributed by atoms with Gasteiger partial charge in [0, 0.05) is 12.6 Å². The summed E-state index contributed by atoms with van der Waals surface area (Å²) in [6.07, 6.45) is 1.67. The van der Waals surface area contributed by atoms with E-state index in [1.54, 1.807) is 6.33 Å². The maximum absolute atomic E-state index is 5.59. The summed E-state index contributed by atoms with van der Waals surface area (Å²) in [6, 6.07) is 9.89. The second-order valence-electron chi connectivity index (χ2n) is 4.01. The molecule has 0 aliphatic heterocycles. The number of para-hydroxylation sites is 1. The molecule has 0 saturated heterocycles. The van der Waals surface area contributed by atoms with Gasteiger partial charge in [0.15, 0.2) is 11.7 Å². The van der Waals surface area contributed by atoms with Crippen LogP contribution in [0.2, 0.25) is 0 Å². The van der Waals surface area contributed by atoms with Crippen molar-refractivity contribution in [3.05, 3.63) is 48.2 Å². The van der Waals surface area contributed by atoms with Gasteiger partial charge >= 0.3 is 0 Å². The van der Waals surface area contributed by atoms with Crippen molar-refractivity contribution < 1.29 is 4.42 Å². The van der Waals surface area contributed by atoms with E-state index in [2.05, 4.69) is 15.2 Å². The van der Waals surface area contributed by atoms with Gasteiger partial charge in [-0.05, 0) is 19.1 Å². The highest BCUT2D eigenvalue weighted by molar-refractivity contribution is 5.54. The molecule has 0 aliphatic carbocycles. The van der Waals surface area contributed by atoms with Crippen molar-refractivity contribution in [2.24, 2.45) is 0 Å². The van der Waals surface area contributed by atoms with Crippen LogP contribution in [0.3, 0.4) is 0 Å². The Balaban J connectivity index is 2.16. The van der Waals surface area contributed by atoms with Gasteiger partial charge in [0.1, 0.15) is 6.33 Å². The molecule has 0 unspecified atom stereocenters. The van der Waals surface area contributed by atoms with E-state index in [4.69, 9.17) is 4.42 Å². The van der Waals surface area contributed by atoms with E-state index in [9.17, 15) is 0 Å². The lowest BCUT2D eigenvalue weighted by atomic mass is 10.3. The monoisotopic (exact) mass is 240 g/mol. The topological polar surface area (TPSA) is 56.7 Å². The maximum Gasteiger partial charge on any atom is 0.206 e. The van der Waals surface area contributed by atoms with E-state index >= 15 is 0 Å². The Kier molecular flexibility index (Phi) is 2.44. The van der Waals surface area contributed by atoms with Crippen LogP contribution in [0.4, 0.5) is 0 Å². The molecule has 0 atom stereocenters. The standard InChI is InChI=1S/C13H12N4O/c1-9-12(18-10(2)15-9)13-16-14-8-17(13)11-6-4-3-5-7-11/h3-8H,1-2H3. The molecule has 0 N–H and O–H groups in total. The Morgan fingerprint density at radius 1 is 1.11 bits per heavy atom.